The van der Waals surface area contributed by atoms with Gasteiger partial charge < -0.3 is 10.1 Å². The molecule has 5 rings (SSSR count). The Balaban J connectivity index is 1.59. The molecular formula is C16H27NO. The van der Waals surface area contributed by atoms with E-state index >= 15 is 0 Å². The van der Waals surface area contributed by atoms with E-state index in [1.54, 1.807) is 6.42 Å². The van der Waals surface area contributed by atoms with Gasteiger partial charge in [0.2, 0.25) is 0 Å². The van der Waals surface area contributed by atoms with Gasteiger partial charge in [-0.05, 0) is 81.6 Å². The molecule has 1 saturated heterocycles. The smallest absolute Gasteiger partial charge is 0.0811 e. The van der Waals surface area contributed by atoms with Crippen LogP contribution in [0.25, 0.3) is 0 Å². The van der Waals surface area contributed by atoms with Crippen LogP contribution in [0.15, 0.2) is 0 Å². The van der Waals surface area contributed by atoms with E-state index in [4.69, 9.17) is 4.74 Å². The number of rotatable bonds is 1. The average molecular weight is 249 g/mol. The normalized spacial score (nSPS) is 55.5. The van der Waals surface area contributed by atoms with Gasteiger partial charge in [0, 0.05) is 13.2 Å². The van der Waals surface area contributed by atoms with E-state index in [2.05, 4.69) is 12.2 Å². The zero-order valence-corrected chi connectivity index (χ0v) is 11.7. The van der Waals surface area contributed by atoms with Crippen LogP contribution in [0.5, 0.6) is 0 Å². The van der Waals surface area contributed by atoms with Gasteiger partial charge in [-0.25, -0.2) is 0 Å². The lowest BCUT2D eigenvalue weighted by atomic mass is 9.49. The predicted molar refractivity (Wildman–Crippen MR) is 72.4 cm³/mol. The Morgan fingerprint density at radius 2 is 1.67 bits per heavy atom. The fourth-order valence-corrected chi connectivity index (χ4v) is 6.03. The first kappa shape index (κ1) is 11.7. The molecule has 0 spiro atoms. The van der Waals surface area contributed by atoms with Crippen molar-refractivity contribution in [1.29, 1.82) is 0 Å². The van der Waals surface area contributed by atoms with E-state index in [0.717, 1.165) is 49.3 Å². The SMILES string of the molecule is CC1(C2C3CC4CC(C3)CC2C4)CNCCCO1. The third-order valence-electron chi connectivity index (χ3n) is 6.34. The summed E-state index contributed by atoms with van der Waals surface area (Å²) in [6, 6.07) is 0. The Kier molecular flexibility index (Phi) is 2.74. The Morgan fingerprint density at radius 3 is 2.33 bits per heavy atom. The van der Waals surface area contributed by atoms with E-state index in [9.17, 15) is 0 Å². The van der Waals surface area contributed by atoms with E-state index < -0.39 is 0 Å². The summed E-state index contributed by atoms with van der Waals surface area (Å²) in [7, 11) is 0. The van der Waals surface area contributed by atoms with Crippen molar-refractivity contribution >= 4 is 0 Å². The van der Waals surface area contributed by atoms with Crippen LogP contribution in [0, 0.1) is 29.6 Å². The molecular weight excluding hydrogens is 222 g/mol. The summed E-state index contributed by atoms with van der Waals surface area (Å²) in [6.45, 7) is 5.59. The van der Waals surface area contributed by atoms with Crippen molar-refractivity contribution in [3.05, 3.63) is 0 Å². The molecule has 5 fully saturated rings. The molecule has 1 aliphatic heterocycles. The predicted octanol–water partition coefficient (Wildman–Crippen LogP) is 2.83. The molecule has 102 valence electrons. The second-order valence-electron chi connectivity index (χ2n) is 7.65. The lowest BCUT2D eigenvalue weighted by Gasteiger charge is -2.59. The summed E-state index contributed by atoms with van der Waals surface area (Å²) in [6.07, 6.45) is 8.78. The highest BCUT2D eigenvalue weighted by molar-refractivity contribution is 5.05. The zero-order chi connectivity index (χ0) is 12.2. The van der Waals surface area contributed by atoms with E-state index in [-0.39, 0.29) is 5.60 Å². The molecule has 0 aromatic rings. The van der Waals surface area contributed by atoms with E-state index in [1.807, 2.05) is 0 Å². The van der Waals surface area contributed by atoms with Gasteiger partial charge in [0.1, 0.15) is 0 Å². The number of nitrogens with one attached hydrogen (secondary N) is 1. The Labute approximate surface area is 111 Å². The van der Waals surface area contributed by atoms with E-state index in [1.165, 1.54) is 32.1 Å². The van der Waals surface area contributed by atoms with Crippen LogP contribution >= 0.6 is 0 Å². The van der Waals surface area contributed by atoms with Gasteiger partial charge in [-0.1, -0.05) is 0 Å². The van der Waals surface area contributed by atoms with Gasteiger partial charge in [-0.3, -0.25) is 0 Å². The van der Waals surface area contributed by atoms with Crippen molar-refractivity contribution in [2.75, 3.05) is 19.7 Å². The zero-order valence-electron chi connectivity index (χ0n) is 11.7. The molecule has 5 aliphatic rings. The maximum atomic E-state index is 6.35. The van der Waals surface area contributed by atoms with Crippen LogP contribution < -0.4 is 5.32 Å². The van der Waals surface area contributed by atoms with Crippen LogP contribution in [-0.4, -0.2) is 25.3 Å². The lowest BCUT2D eigenvalue weighted by molar-refractivity contribution is -0.156. The number of ether oxygens (including phenoxy) is 1. The molecule has 1 heterocycles. The Morgan fingerprint density at radius 1 is 1.00 bits per heavy atom. The van der Waals surface area contributed by atoms with Crippen molar-refractivity contribution in [3.8, 4) is 0 Å². The van der Waals surface area contributed by atoms with Crippen molar-refractivity contribution in [2.45, 2.75) is 51.0 Å². The number of hydrogen-bond acceptors (Lipinski definition) is 2. The minimum Gasteiger partial charge on any atom is -0.374 e. The van der Waals surface area contributed by atoms with Crippen LogP contribution in [0.1, 0.15) is 45.4 Å². The Bertz CT molecular complexity index is 291. The Hall–Kier alpha value is -0.0800. The summed E-state index contributed by atoms with van der Waals surface area (Å²) in [5.41, 5.74) is 0.124. The summed E-state index contributed by atoms with van der Waals surface area (Å²) < 4.78 is 6.35. The van der Waals surface area contributed by atoms with E-state index in [0.29, 0.717) is 0 Å². The van der Waals surface area contributed by atoms with Gasteiger partial charge in [0.25, 0.3) is 0 Å². The molecule has 2 heteroatoms. The summed E-state index contributed by atoms with van der Waals surface area (Å²) in [5, 5.41) is 3.62. The highest BCUT2D eigenvalue weighted by atomic mass is 16.5. The topological polar surface area (TPSA) is 21.3 Å². The van der Waals surface area contributed by atoms with Gasteiger partial charge >= 0.3 is 0 Å². The van der Waals surface area contributed by atoms with Crippen LogP contribution in [0.3, 0.4) is 0 Å². The second-order valence-corrected chi connectivity index (χ2v) is 7.65. The van der Waals surface area contributed by atoms with Crippen LogP contribution in [-0.2, 0) is 4.74 Å². The monoisotopic (exact) mass is 249 g/mol. The molecule has 0 amide bonds. The van der Waals surface area contributed by atoms with Gasteiger partial charge in [-0.2, -0.15) is 0 Å². The largest absolute Gasteiger partial charge is 0.374 e. The average Bonchev–Trinajstić information content (AvgIpc) is 2.53. The molecule has 0 aromatic heterocycles. The van der Waals surface area contributed by atoms with Gasteiger partial charge in [-0.15, -0.1) is 0 Å². The summed E-state index contributed by atoms with van der Waals surface area (Å²) >= 11 is 0. The maximum Gasteiger partial charge on any atom is 0.0811 e. The molecule has 4 saturated carbocycles. The summed E-state index contributed by atoms with van der Waals surface area (Å²) in [5.74, 6) is 4.95. The molecule has 1 unspecified atom stereocenters. The van der Waals surface area contributed by atoms with Crippen LogP contribution in [0.4, 0.5) is 0 Å². The minimum absolute atomic E-state index is 0.124. The molecule has 2 nitrogen and oxygen atoms in total. The minimum atomic E-state index is 0.124. The molecule has 1 N–H and O–H groups in total. The highest BCUT2D eigenvalue weighted by Crippen LogP contribution is 2.59. The lowest BCUT2D eigenvalue weighted by Crippen LogP contribution is -2.57. The maximum absolute atomic E-state index is 6.35. The first-order valence-electron chi connectivity index (χ1n) is 8.09. The van der Waals surface area contributed by atoms with Crippen molar-refractivity contribution in [3.63, 3.8) is 0 Å². The molecule has 0 radical (unpaired) electrons. The van der Waals surface area contributed by atoms with Gasteiger partial charge in [0.05, 0.1) is 5.60 Å². The fraction of sp³-hybridized carbons (Fsp3) is 1.00. The standard InChI is InChI=1S/C16H27NO/c1-16(10-17-3-2-4-18-16)15-13-6-11-5-12(8-13)9-14(15)7-11/h11-15,17H,2-10H2,1H3. The van der Waals surface area contributed by atoms with Crippen LogP contribution in [0.2, 0.25) is 0 Å². The third kappa shape index (κ3) is 1.76. The van der Waals surface area contributed by atoms with Crippen molar-refractivity contribution in [1.82, 2.24) is 5.32 Å². The first-order chi connectivity index (χ1) is 8.74. The van der Waals surface area contributed by atoms with Crippen molar-refractivity contribution < 1.29 is 4.74 Å². The molecule has 1 atom stereocenters. The van der Waals surface area contributed by atoms with Crippen molar-refractivity contribution in [2.24, 2.45) is 29.6 Å². The fourth-order valence-electron chi connectivity index (χ4n) is 6.03. The van der Waals surface area contributed by atoms with Gasteiger partial charge in [0.15, 0.2) is 0 Å². The second kappa shape index (κ2) is 4.21. The highest BCUT2D eigenvalue weighted by Gasteiger charge is 2.54. The molecule has 4 bridgehead atoms. The molecule has 4 aliphatic carbocycles. The molecule has 0 aromatic carbocycles. The molecule has 18 heavy (non-hydrogen) atoms. The quantitative estimate of drug-likeness (QED) is 0.771. The summed E-state index contributed by atoms with van der Waals surface area (Å²) in [4.78, 5) is 0. The number of hydrogen-bond donors (Lipinski definition) is 1. The third-order valence-corrected chi connectivity index (χ3v) is 6.34. The first-order valence-corrected chi connectivity index (χ1v) is 8.09.